The quantitative estimate of drug-likeness (QED) is 0.324. The van der Waals surface area contributed by atoms with Crippen LogP contribution in [0.1, 0.15) is 53.8 Å². The lowest BCUT2D eigenvalue weighted by molar-refractivity contribution is 0.102. The molecule has 2 heterocycles. The van der Waals surface area contributed by atoms with Crippen molar-refractivity contribution in [1.82, 2.24) is 14.5 Å². The molecule has 1 aliphatic rings. The normalized spacial score (nSPS) is 14.2. The zero-order valence-electron chi connectivity index (χ0n) is 16.0. The van der Waals surface area contributed by atoms with Gasteiger partial charge in [0.05, 0.1) is 5.75 Å². The molecule has 2 aromatic rings. The maximum Gasteiger partial charge on any atom is 0.191 e. The van der Waals surface area contributed by atoms with Crippen LogP contribution >= 0.6 is 11.8 Å². The van der Waals surface area contributed by atoms with Gasteiger partial charge in [-0.05, 0) is 52.0 Å². The lowest BCUT2D eigenvalue weighted by atomic mass is 9.97. The minimum absolute atomic E-state index is 0.0702. The third-order valence-corrected chi connectivity index (χ3v) is 5.84. The molecule has 0 aliphatic heterocycles. The van der Waals surface area contributed by atoms with Crippen LogP contribution in [0.4, 0.5) is 11.6 Å². The monoisotopic (exact) mass is 385 g/mol. The van der Waals surface area contributed by atoms with Gasteiger partial charge in [-0.2, -0.15) is 0 Å². The first-order valence-electron chi connectivity index (χ1n) is 9.34. The highest BCUT2D eigenvalue weighted by Crippen LogP contribution is 2.24. The van der Waals surface area contributed by atoms with E-state index in [1.807, 2.05) is 13.0 Å². The van der Waals surface area contributed by atoms with Crippen molar-refractivity contribution in [3.05, 3.63) is 40.7 Å². The van der Waals surface area contributed by atoms with Gasteiger partial charge in [-0.1, -0.05) is 23.4 Å². The number of carbonyl (C=O) groups is 1. The van der Waals surface area contributed by atoms with Crippen molar-refractivity contribution in [2.24, 2.45) is 0 Å². The fourth-order valence-corrected chi connectivity index (χ4v) is 4.30. The summed E-state index contributed by atoms with van der Waals surface area (Å²) in [6, 6.07) is 3.49. The molecule has 1 aliphatic carbocycles. The number of carbonyl (C=O) groups excluding carboxylic acids is 1. The second kappa shape index (κ2) is 8.61. The van der Waals surface area contributed by atoms with Crippen molar-refractivity contribution >= 4 is 29.2 Å². The van der Waals surface area contributed by atoms with Gasteiger partial charge in [0.1, 0.15) is 11.6 Å². The minimum Gasteiger partial charge on any atom is -0.383 e. The van der Waals surface area contributed by atoms with Gasteiger partial charge in [-0.25, -0.2) is 9.97 Å². The molecule has 0 bridgehead atoms. The zero-order chi connectivity index (χ0) is 19.4. The van der Waals surface area contributed by atoms with Gasteiger partial charge in [0, 0.05) is 29.6 Å². The van der Waals surface area contributed by atoms with E-state index in [-0.39, 0.29) is 11.5 Å². The zero-order valence-corrected chi connectivity index (χ0v) is 16.8. The maximum absolute atomic E-state index is 12.7. The number of thioether (sulfide) groups is 1. The predicted molar refractivity (Wildman–Crippen MR) is 111 cm³/mol. The molecule has 2 aromatic heterocycles. The topological polar surface area (TPSA) is 99.8 Å². The summed E-state index contributed by atoms with van der Waals surface area (Å²) < 4.78 is 2.25. The highest BCUT2D eigenvalue weighted by molar-refractivity contribution is 7.99. The number of nitrogens with two attached hydrogens (primary N) is 2. The van der Waals surface area contributed by atoms with Crippen molar-refractivity contribution in [3.8, 4) is 0 Å². The van der Waals surface area contributed by atoms with Crippen LogP contribution in [-0.4, -0.2) is 26.1 Å². The fourth-order valence-electron chi connectivity index (χ4n) is 3.55. The molecule has 0 fully saturated rings. The van der Waals surface area contributed by atoms with Gasteiger partial charge < -0.3 is 16.0 Å². The summed E-state index contributed by atoms with van der Waals surface area (Å²) in [4.78, 5) is 20.9. The molecular formula is C20H27N5OS. The molecule has 3 rings (SSSR count). The molecule has 4 N–H and O–H groups in total. The van der Waals surface area contributed by atoms with E-state index < -0.39 is 0 Å². The summed E-state index contributed by atoms with van der Waals surface area (Å²) >= 11 is 1.26. The lowest BCUT2D eigenvalue weighted by Gasteiger charge is -2.15. The highest BCUT2D eigenvalue weighted by Gasteiger charge is 2.17. The summed E-state index contributed by atoms with van der Waals surface area (Å²) in [5.74, 6) is 0.958. The largest absolute Gasteiger partial charge is 0.383 e. The fraction of sp³-hybridized carbons (Fsp3) is 0.450. The number of aryl methyl sites for hydroxylation is 1. The van der Waals surface area contributed by atoms with E-state index >= 15 is 0 Å². The Hall–Kier alpha value is -2.28. The predicted octanol–water partition coefficient (Wildman–Crippen LogP) is 3.92. The van der Waals surface area contributed by atoms with Gasteiger partial charge >= 0.3 is 0 Å². The van der Waals surface area contributed by atoms with Crippen LogP contribution in [0.25, 0.3) is 0 Å². The molecule has 0 saturated carbocycles. The summed E-state index contributed by atoms with van der Waals surface area (Å²) in [5, 5.41) is 0.430. The summed E-state index contributed by atoms with van der Waals surface area (Å²) in [5.41, 5.74) is 15.8. The molecular weight excluding hydrogens is 358 g/mol. The van der Waals surface area contributed by atoms with E-state index in [0.717, 1.165) is 29.9 Å². The smallest absolute Gasteiger partial charge is 0.191 e. The maximum atomic E-state index is 12.7. The van der Waals surface area contributed by atoms with Crippen LogP contribution in [0, 0.1) is 13.8 Å². The Labute approximate surface area is 164 Å². The summed E-state index contributed by atoms with van der Waals surface area (Å²) in [6.07, 6.45) is 8.48. The van der Waals surface area contributed by atoms with Gasteiger partial charge in [0.2, 0.25) is 0 Å². The number of nitrogens with zero attached hydrogens (tertiary/aromatic N) is 3. The molecule has 0 spiro atoms. The van der Waals surface area contributed by atoms with Gasteiger partial charge in [0.25, 0.3) is 0 Å². The minimum atomic E-state index is 0.0702. The second-order valence-corrected chi connectivity index (χ2v) is 7.95. The molecule has 0 saturated heterocycles. The number of anilines is 2. The molecule has 7 heteroatoms. The molecule has 144 valence electrons. The Balaban J connectivity index is 1.65. The molecule has 0 radical (unpaired) electrons. The average Bonchev–Trinajstić information content (AvgIpc) is 2.92. The lowest BCUT2D eigenvalue weighted by Crippen LogP contribution is -2.08. The first kappa shape index (κ1) is 19.5. The Kier molecular flexibility index (Phi) is 6.21. The molecule has 6 nitrogen and oxygen atoms in total. The van der Waals surface area contributed by atoms with Gasteiger partial charge in [-0.15, -0.1) is 0 Å². The van der Waals surface area contributed by atoms with Crippen molar-refractivity contribution in [3.63, 3.8) is 0 Å². The Morgan fingerprint density at radius 2 is 1.93 bits per heavy atom. The van der Waals surface area contributed by atoms with Crippen molar-refractivity contribution in [2.45, 2.75) is 57.7 Å². The number of Topliss-reactive ketones (excluding diaryl/α,β-unsaturated/α-hetero) is 1. The average molecular weight is 386 g/mol. The number of allylic oxidation sites excluding steroid dienone is 2. The van der Waals surface area contributed by atoms with Crippen LogP contribution in [-0.2, 0) is 6.54 Å². The van der Waals surface area contributed by atoms with E-state index in [1.54, 1.807) is 5.57 Å². The van der Waals surface area contributed by atoms with Crippen molar-refractivity contribution < 1.29 is 4.79 Å². The third kappa shape index (κ3) is 4.91. The Bertz CT molecular complexity index is 851. The van der Waals surface area contributed by atoms with Crippen LogP contribution < -0.4 is 11.5 Å². The number of hydrogen-bond donors (Lipinski definition) is 2. The second-order valence-electron chi connectivity index (χ2n) is 7.01. The van der Waals surface area contributed by atoms with E-state index in [2.05, 4.69) is 27.5 Å². The number of hydrogen-bond acceptors (Lipinski definition) is 6. The number of rotatable bonds is 7. The van der Waals surface area contributed by atoms with Crippen LogP contribution in [0.15, 0.2) is 28.9 Å². The molecule has 0 aromatic carbocycles. The van der Waals surface area contributed by atoms with E-state index in [4.69, 9.17) is 11.5 Å². The van der Waals surface area contributed by atoms with Crippen LogP contribution in [0.3, 0.4) is 0 Å². The standard InChI is InChI=1S/C20H27N5OS/c1-13-10-16(14(2)25(13)9-8-15-6-4-3-5-7-15)17(26)12-27-20-23-18(21)11-19(22)24-20/h6,10-11H,3-5,7-9,12H2,1-2H3,(H4,21,22,23,24). The number of nitrogen functional groups attached to an aromatic ring is 2. The first-order chi connectivity index (χ1) is 12.9. The highest BCUT2D eigenvalue weighted by atomic mass is 32.2. The first-order valence-corrected chi connectivity index (χ1v) is 10.3. The Morgan fingerprint density at radius 3 is 2.59 bits per heavy atom. The summed E-state index contributed by atoms with van der Waals surface area (Å²) in [6.45, 7) is 5.02. The molecule has 0 amide bonds. The van der Waals surface area contributed by atoms with E-state index in [0.29, 0.717) is 16.8 Å². The van der Waals surface area contributed by atoms with Crippen molar-refractivity contribution in [2.75, 3.05) is 17.2 Å². The molecule has 27 heavy (non-hydrogen) atoms. The number of ketones is 1. The molecule has 0 unspecified atom stereocenters. The van der Waals surface area contributed by atoms with E-state index in [1.165, 1.54) is 43.5 Å². The van der Waals surface area contributed by atoms with Crippen LogP contribution in [0.5, 0.6) is 0 Å². The molecule has 0 atom stereocenters. The van der Waals surface area contributed by atoms with Crippen LogP contribution in [0.2, 0.25) is 0 Å². The SMILES string of the molecule is Cc1cc(C(=O)CSc2nc(N)cc(N)n2)c(C)n1CCC1=CCCCC1. The van der Waals surface area contributed by atoms with Crippen molar-refractivity contribution in [1.29, 1.82) is 0 Å². The third-order valence-electron chi connectivity index (χ3n) is 4.99. The summed E-state index contributed by atoms with van der Waals surface area (Å²) in [7, 11) is 0. The van der Waals surface area contributed by atoms with E-state index in [9.17, 15) is 4.79 Å². The van der Waals surface area contributed by atoms with Gasteiger partial charge in [0.15, 0.2) is 10.9 Å². The number of aromatic nitrogens is 3. The Morgan fingerprint density at radius 1 is 1.19 bits per heavy atom. The van der Waals surface area contributed by atoms with Gasteiger partial charge in [-0.3, -0.25) is 4.79 Å².